The standard InChI is InChI=1S/C52H62F2N2O15S/c1-51-31-46(60)52(54)40-10-7-36(58)28-39(40)43(53)29-42(52)41(51)30-45(44(59)32-57)71-50(70-33-51)34-5-8-37(9-6-34)72-38-4-2-3-35(27-38)55-47(61)13-15-64-17-19-66-21-23-68-25-26-69-24-22-67-20-18-65-16-14-56-48(62)11-12-49(56)63/h2-9,11-12,27-28,41-43,45-46,50,57,60H,13-26,29-33H2,1H3,(H,55,61)/t41-,42-,43-,45+,46-,50-,51+,52-/m0/s1. The molecule has 20 heteroatoms. The Hall–Kier alpha value is -4.80. The maximum absolute atomic E-state index is 17.3. The van der Waals surface area contributed by atoms with Crippen molar-refractivity contribution in [1.29, 1.82) is 0 Å². The second-order valence-corrected chi connectivity index (χ2v) is 19.3. The third kappa shape index (κ3) is 14.3. The first-order valence-corrected chi connectivity index (χ1v) is 24.9. The van der Waals surface area contributed by atoms with E-state index in [1.807, 2.05) is 37.3 Å². The van der Waals surface area contributed by atoms with E-state index < -0.39 is 65.8 Å². The molecule has 3 N–H and O–H groups in total. The smallest absolute Gasteiger partial charge is 0.253 e. The number of ketones is 2. The number of hydrogen-bond acceptors (Lipinski definition) is 16. The number of aliphatic hydroxyl groups excluding tert-OH is 2. The molecule has 0 unspecified atom stereocenters. The number of rotatable bonds is 27. The number of aliphatic hydroxyl groups is 2. The Labute approximate surface area is 420 Å². The molecule has 3 aliphatic carbocycles. The number of allylic oxidation sites excluding steroid dienone is 2. The lowest BCUT2D eigenvalue weighted by atomic mass is 9.50. The first-order valence-electron chi connectivity index (χ1n) is 24.1. The highest BCUT2D eigenvalue weighted by Gasteiger charge is 2.65. The Morgan fingerprint density at radius 2 is 1.44 bits per heavy atom. The van der Waals surface area contributed by atoms with Crippen LogP contribution in [0.2, 0.25) is 0 Å². The summed E-state index contributed by atoms with van der Waals surface area (Å²) in [7, 11) is 0. The van der Waals surface area contributed by atoms with Crippen LogP contribution in [0.15, 0.2) is 99.5 Å². The second-order valence-electron chi connectivity index (χ2n) is 18.2. The van der Waals surface area contributed by atoms with E-state index in [0.29, 0.717) is 77.3 Å². The lowest BCUT2D eigenvalue weighted by Gasteiger charge is -2.58. The van der Waals surface area contributed by atoms with Crippen molar-refractivity contribution in [2.24, 2.45) is 17.3 Å². The maximum Gasteiger partial charge on any atom is 0.253 e. The number of amides is 3. The number of benzene rings is 2. The van der Waals surface area contributed by atoms with Crippen molar-refractivity contribution in [1.82, 2.24) is 4.90 Å². The molecule has 5 aliphatic rings. The van der Waals surface area contributed by atoms with Crippen LogP contribution in [0.25, 0.3) is 0 Å². The number of carbonyl (C=O) groups excluding carboxylic acids is 5. The number of hydrogen-bond donors (Lipinski definition) is 3. The molecular weight excluding hydrogens is 963 g/mol. The molecule has 0 aromatic heterocycles. The summed E-state index contributed by atoms with van der Waals surface area (Å²) in [5.41, 5.74) is 0.195. The van der Waals surface area contributed by atoms with Crippen LogP contribution in [0.3, 0.4) is 0 Å². The minimum Gasteiger partial charge on any atom is -0.389 e. The molecule has 0 spiro atoms. The predicted molar refractivity (Wildman–Crippen MR) is 255 cm³/mol. The van der Waals surface area contributed by atoms with Crippen LogP contribution in [0.4, 0.5) is 14.5 Å². The molecule has 7 rings (SSSR count). The minimum atomic E-state index is -2.42. The summed E-state index contributed by atoms with van der Waals surface area (Å²) in [4.78, 5) is 63.7. The van der Waals surface area contributed by atoms with Crippen LogP contribution in [0.5, 0.6) is 0 Å². The number of ether oxygens (including phenoxy) is 8. The van der Waals surface area contributed by atoms with E-state index in [9.17, 15) is 34.2 Å². The molecule has 2 aromatic rings. The molecule has 390 valence electrons. The van der Waals surface area contributed by atoms with Crippen LogP contribution in [-0.4, -0.2) is 167 Å². The van der Waals surface area contributed by atoms with Gasteiger partial charge in [0.25, 0.3) is 11.8 Å². The van der Waals surface area contributed by atoms with E-state index in [1.165, 1.54) is 23.9 Å². The van der Waals surface area contributed by atoms with Gasteiger partial charge < -0.3 is 53.4 Å². The molecule has 17 nitrogen and oxygen atoms in total. The van der Waals surface area contributed by atoms with E-state index >= 15 is 8.78 Å². The number of imide groups is 1. The Kier molecular flexibility index (Phi) is 20.2. The van der Waals surface area contributed by atoms with E-state index in [0.717, 1.165) is 26.8 Å². The van der Waals surface area contributed by atoms with Gasteiger partial charge in [-0.15, -0.1) is 5.73 Å². The van der Waals surface area contributed by atoms with Crippen LogP contribution in [-0.2, 0) is 61.9 Å². The number of nitrogens with zero attached hydrogens (tertiary/aromatic N) is 1. The second kappa shape index (κ2) is 26.4. The maximum atomic E-state index is 17.3. The first kappa shape index (κ1) is 55.0. The summed E-state index contributed by atoms with van der Waals surface area (Å²) < 4.78 is 78.4. The molecule has 0 bridgehead atoms. The van der Waals surface area contributed by atoms with Crippen molar-refractivity contribution >= 4 is 46.7 Å². The fraction of sp³-hybridized carbons (Fsp3) is 0.538. The fourth-order valence-corrected chi connectivity index (χ4v) is 10.5. The van der Waals surface area contributed by atoms with Gasteiger partial charge in [0.2, 0.25) is 5.91 Å². The van der Waals surface area contributed by atoms with Crippen molar-refractivity contribution in [2.75, 3.05) is 104 Å². The average molecular weight is 1030 g/mol. The van der Waals surface area contributed by atoms with Crippen molar-refractivity contribution in [3.63, 3.8) is 0 Å². The Morgan fingerprint density at radius 3 is 2.07 bits per heavy atom. The first-order chi connectivity index (χ1) is 34.8. The van der Waals surface area contributed by atoms with Crippen LogP contribution >= 0.6 is 11.8 Å². The zero-order valence-electron chi connectivity index (χ0n) is 40.1. The van der Waals surface area contributed by atoms with Crippen LogP contribution in [0, 0.1) is 17.3 Å². The largest absolute Gasteiger partial charge is 0.389 e. The molecule has 72 heavy (non-hydrogen) atoms. The summed E-state index contributed by atoms with van der Waals surface area (Å²) in [6.07, 6.45) is -1.24. The molecule has 3 amide bonds. The number of alkyl halides is 2. The number of fused-ring (bicyclic) bond motifs is 5. The van der Waals surface area contributed by atoms with Gasteiger partial charge in [0.1, 0.15) is 18.9 Å². The quantitative estimate of drug-likeness (QED) is 0.0634. The van der Waals surface area contributed by atoms with Gasteiger partial charge in [-0.3, -0.25) is 28.9 Å². The van der Waals surface area contributed by atoms with E-state index in [2.05, 4.69) is 11.0 Å². The van der Waals surface area contributed by atoms with Crippen LogP contribution in [0.1, 0.15) is 44.5 Å². The molecule has 2 aromatic carbocycles. The number of anilines is 1. The Morgan fingerprint density at radius 1 is 0.833 bits per heavy atom. The van der Waals surface area contributed by atoms with Gasteiger partial charge in [-0.1, -0.05) is 36.9 Å². The van der Waals surface area contributed by atoms with Crippen molar-refractivity contribution in [3.05, 3.63) is 95.3 Å². The minimum absolute atomic E-state index is 0.000477. The number of nitrogens with one attached hydrogen (secondary N) is 1. The summed E-state index contributed by atoms with van der Waals surface area (Å²) in [5.74, 6) is -3.81. The van der Waals surface area contributed by atoms with Gasteiger partial charge in [-0.05, 0) is 67.0 Å². The van der Waals surface area contributed by atoms with Gasteiger partial charge in [0.15, 0.2) is 23.5 Å². The molecule has 1 saturated heterocycles. The lowest BCUT2D eigenvalue weighted by molar-refractivity contribution is -0.245. The monoisotopic (exact) mass is 1020 g/mol. The molecule has 2 aliphatic heterocycles. The Bertz CT molecular complexity index is 2340. The highest BCUT2D eigenvalue weighted by molar-refractivity contribution is 7.99. The van der Waals surface area contributed by atoms with Crippen molar-refractivity contribution in [3.8, 4) is 0 Å². The molecule has 2 saturated carbocycles. The molecular formula is C52H62F2N2O15S. The van der Waals surface area contributed by atoms with Gasteiger partial charge in [-0.2, -0.15) is 0 Å². The number of halogens is 2. The van der Waals surface area contributed by atoms with Gasteiger partial charge in [-0.25, -0.2) is 8.78 Å². The predicted octanol–water partition coefficient (Wildman–Crippen LogP) is 4.60. The fourth-order valence-electron chi connectivity index (χ4n) is 9.58. The van der Waals surface area contributed by atoms with E-state index in [-0.39, 0.29) is 80.9 Å². The summed E-state index contributed by atoms with van der Waals surface area (Å²) in [6, 6.07) is 14.7. The zero-order valence-corrected chi connectivity index (χ0v) is 41.0. The zero-order chi connectivity index (χ0) is 51.1. The molecule has 2 heterocycles. The Balaban J connectivity index is 0.762. The normalized spacial score (nSPS) is 26.8. The third-order valence-corrected chi connectivity index (χ3v) is 14.2. The third-order valence-electron chi connectivity index (χ3n) is 13.2. The molecule has 0 radical (unpaired) electrons. The number of Topliss-reactive ketones (excluding diaryl/α,β-unsaturated/α-hetero) is 1. The van der Waals surface area contributed by atoms with Crippen molar-refractivity contribution < 1.29 is 80.9 Å². The average Bonchev–Trinajstić information content (AvgIpc) is 3.68. The van der Waals surface area contributed by atoms with Crippen LogP contribution < -0.4 is 5.32 Å². The van der Waals surface area contributed by atoms with Crippen molar-refractivity contribution in [2.45, 2.75) is 72.7 Å². The topological polar surface area (TPSA) is 215 Å². The summed E-state index contributed by atoms with van der Waals surface area (Å²) >= 11 is 1.46. The van der Waals surface area contributed by atoms with Gasteiger partial charge in [0, 0.05) is 56.3 Å². The highest BCUT2D eigenvalue weighted by atomic mass is 32.2. The summed E-state index contributed by atoms with van der Waals surface area (Å²) in [6.45, 7) is 5.39. The molecule has 3 fully saturated rings. The van der Waals surface area contributed by atoms with E-state index in [4.69, 9.17) is 37.9 Å². The van der Waals surface area contributed by atoms with Gasteiger partial charge >= 0.3 is 0 Å². The lowest BCUT2D eigenvalue weighted by Crippen LogP contribution is -2.63. The SMILES string of the molecule is C[C@@]12CO[C@H](c3ccc(Sc4cccc(NC(=O)CCOCCOCCOCCOCCOCCOCCN5C(=O)C=CC5=O)c4)cc3)O[C@@H](C(=O)CO)C[C@H]1[C@@H]1C[C@H](F)C3=CC(=O)C=C=C3[C@@]1(F)[C@@H](O)C2. The number of carbonyl (C=O) groups is 5. The molecule has 8 atom stereocenters. The van der Waals surface area contributed by atoms with E-state index in [1.54, 1.807) is 18.2 Å². The highest BCUT2D eigenvalue weighted by Crippen LogP contribution is 2.61. The summed E-state index contributed by atoms with van der Waals surface area (Å²) in [5, 5.41) is 24.3. The van der Waals surface area contributed by atoms with Gasteiger partial charge in [0.05, 0.1) is 105 Å².